The number of β-amino-alcohol motifs (C(OH)–C–C–N with tert-alkyl or cyclic N) is 1. The number of phenols is 2. The number of aryl methyl sites for hydroxylation is 1. The van der Waals surface area contributed by atoms with Gasteiger partial charge in [0.2, 0.25) is 11.8 Å². The Labute approximate surface area is 416 Å². The van der Waals surface area contributed by atoms with E-state index in [4.69, 9.17) is 9.47 Å². The van der Waals surface area contributed by atoms with Gasteiger partial charge < -0.3 is 39.9 Å². The summed E-state index contributed by atoms with van der Waals surface area (Å²) in [4.78, 5) is 67.1. The van der Waals surface area contributed by atoms with Crippen LogP contribution in [0.2, 0.25) is 0 Å². The number of anilines is 1. The normalized spacial score (nSPS) is 17.0. The molecule has 2 fully saturated rings. The van der Waals surface area contributed by atoms with Gasteiger partial charge in [-0.1, -0.05) is 45.0 Å². The van der Waals surface area contributed by atoms with Gasteiger partial charge in [0.25, 0.3) is 0 Å². The number of piperazine rings is 1. The Hall–Kier alpha value is -6.01. The summed E-state index contributed by atoms with van der Waals surface area (Å²) in [5, 5.41) is 34.3. The van der Waals surface area contributed by atoms with E-state index in [1.165, 1.54) is 16.2 Å². The highest BCUT2D eigenvalue weighted by atomic mass is 32.1. The molecule has 0 saturated carbocycles. The lowest BCUT2D eigenvalue weighted by atomic mass is 9.77. The Balaban J connectivity index is 0.740. The van der Waals surface area contributed by atoms with Gasteiger partial charge in [0, 0.05) is 96.4 Å². The van der Waals surface area contributed by atoms with Gasteiger partial charge in [0.1, 0.15) is 24.1 Å². The number of phenolic OH excluding ortho intramolecular Hbond substituents is 2. The summed E-state index contributed by atoms with van der Waals surface area (Å²) in [5.74, 6) is -1.43. The molecule has 4 heterocycles. The van der Waals surface area contributed by atoms with E-state index in [9.17, 15) is 34.5 Å². The second kappa shape index (κ2) is 22.4. The number of carbonyl (C=O) groups is 4. The summed E-state index contributed by atoms with van der Waals surface area (Å²) < 4.78 is 12.4. The molecule has 16 heteroatoms. The van der Waals surface area contributed by atoms with Gasteiger partial charge in [0.15, 0.2) is 11.6 Å². The average molecular weight is 988 g/mol. The number of thiazole rings is 1. The maximum absolute atomic E-state index is 14.1. The van der Waals surface area contributed by atoms with Crippen molar-refractivity contribution in [2.75, 3.05) is 70.6 Å². The lowest BCUT2D eigenvalue weighted by Gasteiger charge is -2.36. The van der Waals surface area contributed by atoms with Crippen molar-refractivity contribution in [3.05, 3.63) is 119 Å². The van der Waals surface area contributed by atoms with Gasteiger partial charge in [-0.15, -0.1) is 22.7 Å². The first kappa shape index (κ1) is 50.4. The van der Waals surface area contributed by atoms with Crippen LogP contribution in [0.15, 0.2) is 96.5 Å². The van der Waals surface area contributed by atoms with Gasteiger partial charge in [0.05, 0.1) is 42.0 Å². The smallest absolute Gasteiger partial charge is 0.243 e. The van der Waals surface area contributed by atoms with Crippen LogP contribution in [-0.2, 0) is 30.4 Å². The molecule has 0 aliphatic carbocycles. The number of Topliss-reactive ketones (excluding diaryl/α,β-unsaturated/α-hetero) is 1. The van der Waals surface area contributed by atoms with Crippen LogP contribution in [0.3, 0.4) is 0 Å². The fraction of sp³-hybridized carbons (Fsp3) is 0.389. The number of likely N-dealkylation sites (tertiary alicyclic amines) is 1. The first-order valence-corrected chi connectivity index (χ1v) is 25.4. The molecule has 0 radical (unpaired) electrons. The average Bonchev–Trinajstić information content (AvgIpc) is 4.08. The Kier molecular flexibility index (Phi) is 16.1. The number of carbonyl (C=O) groups excluding carboxylic acids is 4. The van der Waals surface area contributed by atoms with Crippen molar-refractivity contribution in [3.63, 3.8) is 0 Å². The molecule has 8 rings (SSSR count). The molecular formula is C54H61N5O9S2. The number of rotatable bonds is 19. The van der Waals surface area contributed by atoms with Crippen LogP contribution in [0.5, 0.6) is 11.5 Å². The summed E-state index contributed by atoms with van der Waals surface area (Å²) in [5.41, 5.74) is 7.15. The fourth-order valence-electron chi connectivity index (χ4n) is 9.14. The molecule has 4 N–H and O–H groups in total. The third-order valence-corrected chi connectivity index (χ3v) is 15.3. The van der Waals surface area contributed by atoms with Gasteiger partial charge in [-0.2, -0.15) is 0 Å². The van der Waals surface area contributed by atoms with E-state index in [2.05, 4.69) is 20.1 Å². The number of ether oxygens (including phenoxy) is 2. The van der Waals surface area contributed by atoms with E-state index in [1.807, 2.05) is 81.7 Å². The Morgan fingerprint density at radius 3 is 2.19 bits per heavy atom. The Bertz CT molecular complexity index is 2780. The largest absolute Gasteiger partial charge is 0.508 e. The SMILES string of the molecule is Cc1ncsc1-c1ccc(CNC(=O)[C@@H]2C[C@@H](O)CN2C(=O)[C@@H](CC(=O)COCCOCCN2CCN(c3ccc(C(=O)c4c(-c5ccc(O)cc5)sc5cc(O)ccc45)cc3)CC2)C(C)(C)C)cc1. The minimum atomic E-state index is -0.846. The number of aromatic nitrogens is 1. The predicted octanol–water partition coefficient (Wildman–Crippen LogP) is 7.70. The minimum absolute atomic E-state index is 0.0241. The molecule has 0 spiro atoms. The zero-order valence-corrected chi connectivity index (χ0v) is 41.7. The van der Waals surface area contributed by atoms with E-state index in [-0.39, 0.29) is 74.0 Å². The quantitative estimate of drug-likeness (QED) is 0.0460. The number of hydrogen-bond acceptors (Lipinski definition) is 14. The number of ketones is 2. The second-order valence-corrected chi connectivity index (χ2v) is 21.0. The number of thiophene rings is 1. The van der Waals surface area contributed by atoms with Crippen LogP contribution in [0, 0.1) is 18.3 Å². The first-order chi connectivity index (χ1) is 33.6. The maximum Gasteiger partial charge on any atom is 0.243 e. The van der Waals surface area contributed by atoms with Crippen molar-refractivity contribution in [1.29, 1.82) is 0 Å². The third kappa shape index (κ3) is 12.1. The molecule has 2 amide bonds. The Morgan fingerprint density at radius 1 is 0.829 bits per heavy atom. The molecule has 6 aromatic rings. The van der Waals surface area contributed by atoms with Crippen LogP contribution >= 0.6 is 22.7 Å². The molecule has 368 valence electrons. The molecule has 0 unspecified atom stereocenters. The Morgan fingerprint density at radius 2 is 1.50 bits per heavy atom. The van der Waals surface area contributed by atoms with E-state index in [0.717, 1.165) is 80.6 Å². The number of aliphatic hydroxyl groups is 1. The molecule has 2 aromatic heterocycles. The molecule has 0 bridgehead atoms. The number of nitrogens with zero attached hydrogens (tertiary/aromatic N) is 4. The first-order valence-electron chi connectivity index (χ1n) is 23.7. The van der Waals surface area contributed by atoms with Crippen LogP contribution in [-0.4, -0.2) is 131 Å². The van der Waals surface area contributed by atoms with Crippen molar-refractivity contribution >= 4 is 61.8 Å². The summed E-state index contributed by atoms with van der Waals surface area (Å²) in [6.07, 6.45) is -0.770. The number of hydrogen-bond donors (Lipinski definition) is 4. The molecular weight excluding hydrogens is 927 g/mol. The van der Waals surface area contributed by atoms with Gasteiger partial charge >= 0.3 is 0 Å². The van der Waals surface area contributed by atoms with Crippen LogP contribution in [0.4, 0.5) is 5.69 Å². The standard InChI is InChI=1S/C54H61N5O9S2/c1-34-50(69-33-56-34)37-7-5-35(6-8-37)30-55-52(65)46-28-42(62)31-59(46)53(66)45(54(2,3)4)27-43(63)32-68-26-25-67-24-23-57-19-21-58(22-20-57)39-13-9-36(10-14-39)49(64)48-44-18-17-41(61)29-47(44)70-51(48)38-11-15-40(60)16-12-38/h5-18,29,33,42,45-46,60-62H,19-28,30-32H2,1-4H3,(H,55,65)/t42-,45-,46+/m1/s1. The van der Waals surface area contributed by atoms with Crippen molar-refractivity contribution in [2.45, 2.75) is 59.2 Å². The highest BCUT2D eigenvalue weighted by Crippen LogP contribution is 2.42. The monoisotopic (exact) mass is 987 g/mol. The van der Waals surface area contributed by atoms with Crippen molar-refractivity contribution in [3.8, 4) is 32.4 Å². The van der Waals surface area contributed by atoms with E-state index in [0.29, 0.717) is 24.3 Å². The van der Waals surface area contributed by atoms with Crippen LogP contribution < -0.4 is 10.2 Å². The van der Waals surface area contributed by atoms with Gasteiger partial charge in [-0.05, 0) is 95.8 Å². The summed E-state index contributed by atoms with van der Waals surface area (Å²) in [6.45, 7) is 12.9. The van der Waals surface area contributed by atoms with E-state index >= 15 is 0 Å². The number of benzene rings is 4. The second-order valence-electron chi connectivity index (χ2n) is 19.1. The predicted molar refractivity (Wildman–Crippen MR) is 274 cm³/mol. The number of nitrogens with one attached hydrogen (secondary N) is 1. The lowest BCUT2D eigenvalue weighted by molar-refractivity contribution is -0.146. The number of aliphatic hydroxyl groups excluding tert-OH is 1. The summed E-state index contributed by atoms with van der Waals surface area (Å²) in [6, 6.07) is 26.6. The topological polar surface area (TPSA) is 182 Å². The molecule has 2 aliphatic rings. The van der Waals surface area contributed by atoms with Crippen molar-refractivity contribution in [1.82, 2.24) is 20.1 Å². The molecule has 2 saturated heterocycles. The molecule has 70 heavy (non-hydrogen) atoms. The molecule has 14 nitrogen and oxygen atoms in total. The van der Waals surface area contributed by atoms with E-state index in [1.54, 1.807) is 53.8 Å². The fourth-order valence-corrected chi connectivity index (χ4v) is 11.2. The zero-order chi connectivity index (χ0) is 49.5. The van der Waals surface area contributed by atoms with Crippen LogP contribution in [0.1, 0.15) is 60.8 Å². The summed E-state index contributed by atoms with van der Waals surface area (Å²) in [7, 11) is 0. The van der Waals surface area contributed by atoms with Crippen molar-refractivity contribution in [2.24, 2.45) is 11.3 Å². The highest BCUT2D eigenvalue weighted by Gasteiger charge is 2.44. The van der Waals surface area contributed by atoms with Crippen LogP contribution in [0.25, 0.3) is 31.0 Å². The third-order valence-electron chi connectivity index (χ3n) is 13.2. The number of fused-ring (bicyclic) bond motifs is 1. The van der Waals surface area contributed by atoms with Crippen molar-refractivity contribution < 1.29 is 44.0 Å². The molecule has 2 aliphatic heterocycles. The maximum atomic E-state index is 14.1. The number of aromatic hydroxyl groups is 2. The van der Waals surface area contributed by atoms with Gasteiger partial charge in [-0.3, -0.25) is 24.1 Å². The lowest BCUT2D eigenvalue weighted by Crippen LogP contribution is -2.50. The summed E-state index contributed by atoms with van der Waals surface area (Å²) >= 11 is 3.01. The number of amides is 2. The molecule has 4 aromatic carbocycles. The highest BCUT2D eigenvalue weighted by molar-refractivity contribution is 7.22. The molecule has 3 atom stereocenters. The zero-order valence-electron chi connectivity index (χ0n) is 40.1. The minimum Gasteiger partial charge on any atom is -0.508 e. The van der Waals surface area contributed by atoms with Gasteiger partial charge in [-0.25, -0.2) is 4.98 Å². The van der Waals surface area contributed by atoms with E-state index < -0.39 is 23.5 Å².